The number of hydroxylamine groups is 2. The van der Waals surface area contributed by atoms with Gasteiger partial charge in [0, 0.05) is 13.6 Å². The van der Waals surface area contributed by atoms with E-state index in [-0.39, 0.29) is 5.60 Å². The normalized spacial score (nSPS) is 17.6. The fraction of sp³-hybridized carbons (Fsp3) is 1.00. The van der Waals surface area contributed by atoms with E-state index in [4.69, 9.17) is 4.84 Å². The molecule has 0 unspecified atom stereocenters. The van der Waals surface area contributed by atoms with Crippen molar-refractivity contribution in [3.8, 4) is 0 Å². The summed E-state index contributed by atoms with van der Waals surface area (Å²) in [6.07, 6.45) is 16.5. The van der Waals surface area contributed by atoms with Gasteiger partial charge in [0.1, 0.15) is 0 Å². The van der Waals surface area contributed by atoms with Crippen LogP contribution in [0, 0.1) is 5.92 Å². The highest BCUT2D eigenvalue weighted by Crippen LogP contribution is 2.35. The molecular weight excluding hydrogens is 258 g/mol. The third-order valence-electron chi connectivity index (χ3n) is 5.06. The van der Waals surface area contributed by atoms with Crippen LogP contribution in [-0.4, -0.2) is 24.3 Å². The summed E-state index contributed by atoms with van der Waals surface area (Å²) in [5.74, 6) is 0.739. The number of rotatable bonds is 11. The second-order valence-corrected chi connectivity index (χ2v) is 7.50. The van der Waals surface area contributed by atoms with Crippen LogP contribution >= 0.6 is 0 Å². The quantitative estimate of drug-likeness (QED) is 0.344. The predicted molar refractivity (Wildman–Crippen MR) is 92.4 cm³/mol. The van der Waals surface area contributed by atoms with E-state index >= 15 is 0 Å². The zero-order valence-corrected chi connectivity index (χ0v) is 15.1. The van der Waals surface area contributed by atoms with Crippen molar-refractivity contribution in [2.75, 3.05) is 13.6 Å². The smallest absolute Gasteiger partial charge is 0.0871 e. The average Bonchev–Trinajstić information content (AvgIpc) is 2.47. The summed E-state index contributed by atoms with van der Waals surface area (Å²) in [6, 6.07) is 0. The molecule has 2 nitrogen and oxygen atoms in total. The minimum atomic E-state index is 0.0102. The SMILES string of the molecule is CCCCCCCCCN(C)OC(C)(C)C1CCCCC1. The molecule has 0 N–H and O–H groups in total. The lowest BCUT2D eigenvalue weighted by molar-refractivity contribution is -0.242. The molecule has 1 aliphatic carbocycles. The van der Waals surface area contributed by atoms with Gasteiger partial charge in [-0.1, -0.05) is 64.7 Å². The molecule has 0 amide bonds. The molecule has 0 heterocycles. The van der Waals surface area contributed by atoms with Gasteiger partial charge >= 0.3 is 0 Å². The molecule has 0 aromatic carbocycles. The molecule has 0 bridgehead atoms. The van der Waals surface area contributed by atoms with Crippen LogP contribution in [0.25, 0.3) is 0 Å². The minimum absolute atomic E-state index is 0.0102. The molecule has 1 aliphatic rings. The molecule has 0 radical (unpaired) electrons. The number of hydrogen-bond acceptors (Lipinski definition) is 2. The van der Waals surface area contributed by atoms with E-state index in [0.717, 1.165) is 12.5 Å². The van der Waals surface area contributed by atoms with E-state index in [1.54, 1.807) is 0 Å². The summed E-state index contributed by atoms with van der Waals surface area (Å²) in [5, 5.41) is 2.10. The summed E-state index contributed by atoms with van der Waals surface area (Å²) < 4.78 is 0. The molecule has 1 rings (SSSR count). The monoisotopic (exact) mass is 297 g/mol. The Hall–Kier alpha value is -0.0800. The van der Waals surface area contributed by atoms with Crippen molar-refractivity contribution in [3.05, 3.63) is 0 Å². The van der Waals surface area contributed by atoms with Crippen molar-refractivity contribution < 1.29 is 4.84 Å². The Labute approximate surface area is 133 Å². The largest absolute Gasteiger partial charge is 0.293 e. The molecular formula is C19H39NO. The van der Waals surface area contributed by atoms with Crippen molar-refractivity contribution in [3.63, 3.8) is 0 Å². The van der Waals surface area contributed by atoms with Crippen molar-refractivity contribution in [1.82, 2.24) is 5.06 Å². The second kappa shape index (κ2) is 10.6. The first kappa shape index (κ1) is 19.0. The highest BCUT2D eigenvalue weighted by Gasteiger charge is 2.32. The van der Waals surface area contributed by atoms with Gasteiger partial charge < -0.3 is 0 Å². The van der Waals surface area contributed by atoms with Gasteiger partial charge in [0.05, 0.1) is 5.60 Å². The molecule has 0 atom stereocenters. The van der Waals surface area contributed by atoms with E-state index in [2.05, 4.69) is 32.9 Å². The second-order valence-electron chi connectivity index (χ2n) is 7.50. The Morgan fingerprint density at radius 1 is 0.905 bits per heavy atom. The van der Waals surface area contributed by atoms with Gasteiger partial charge in [-0.25, -0.2) is 0 Å². The highest BCUT2D eigenvalue weighted by atomic mass is 16.7. The first-order valence-electron chi connectivity index (χ1n) is 9.46. The van der Waals surface area contributed by atoms with Gasteiger partial charge in [0.2, 0.25) is 0 Å². The van der Waals surface area contributed by atoms with Crippen molar-refractivity contribution in [2.24, 2.45) is 5.92 Å². The minimum Gasteiger partial charge on any atom is -0.293 e. The maximum Gasteiger partial charge on any atom is 0.0871 e. The maximum atomic E-state index is 6.26. The Morgan fingerprint density at radius 2 is 1.48 bits per heavy atom. The van der Waals surface area contributed by atoms with Crippen molar-refractivity contribution >= 4 is 0 Å². The van der Waals surface area contributed by atoms with E-state index in [1.807, 2.05) is 0 Å². The van der Waals surface area contributed by atoms with Gasteiger partial charge in [-0.2, -0.15) is 5.06 Å². The first-order valence-corrected chi connectivity index (χ1v) is 9.46. The maximum absolute atomic E-state index is 6.26. The third kappa shape index (κ3) is 8.21. The van der Waals surface area contributed by atoms with Crippen LogP contribution in [0.4, 0.5) is 0 Å². The fourth-order valence-electron chi connectivity index (χ4n) is 3.61. The molecule has 0 aromatic rings. The predicted octanol–water partition coefficient (Wildman–Crippen LogP) is 5.96. The van der Waals surface area contributed by atoms with Gasteiger partial charge in [-0.05, 0) is 39.0 Å². The van der Waals surface area contributed by atoms with Crippen LogP contribution < -0.4 is 0 Å². The molecule has 0 saturated heterocycles. The Morgan fingerprint density at radius 3 is 2.10 bits per heavy atom. The molecule has 1 fully saturated rings. The van der Waals surface area contributed by atoms with E-state index in [1.165, 1.54) is 77.0 Å². The fourth-order valence-corrected chi connectivity index (χ4v) is 3.61. The van der Waals surface area contributed by atoms with Crippen molar-refractivity contribution in [2.45, 2.75) is 103 Å². The first-order chi connectivity index (χ1) is 10.1. The van der Waals surface area contributed by atoms with Gasteiger partial charge in [0.25, 0.3) is 0 Å². The molecule has 0 spiro atoms. The van der Waals surface area contributed by atoms with Crippen LogP contribution in [0.3, 0.4) is 0 Å². The molecule has 1 saturated carbocycles. The van der Waals surface area contributed by atoms with Gasteiger partial charge in [-0.3, -0.25) is 4.84 Å². The Balaban J connectivity index is 2.09. The zero-order valence-electron chi connectivity index (χ0n) is 15.1. The standard InChI is InChI=1S/C19H39NO/c1-5-6-7-8-9-10-14-17-20(4)21-19(2,3)18-15-12-11-13-16-18/h18H,5-17H2,1-4H3. The van der Waals surface area contributed by atoms with E-state index in [0.29, 0.717) is 0 Å². The molecule has 0 aromatic heterocycles. The van der Waals surface area contributed by atoms with Crippen LogP contribution in [0.2, 0.25) is 0 Å². The highest BCUT2D eigenvalue weighted by molar-refractivity contribution is 4.81. The summed E-state index contributed by atoms with van der Waals surface area (Å²) in [4.78, 5) is 6.26. The van der Waals surface area contributed by atoms with Gasteiger partial charge in [-0.15, -0.1) is 0 Å². The van der Waals surface area contributed by atoms with Crippen LogP contribution in [-0.2, 0) is 4.84 Å². The van der Waals surface area contributed by atoms with Crippen LogP contribution in [0.5, 0.6) is 0 Å². The van der Waals surface area contributed by atoms with Crippen LogP contribution in [0.15, 0.2) is 0 Å². The average molecular weight is 298 g/mol. The number of nitrogens with zero attached hydrogens (tertiary/aromatic N) is 1. The lowest BCUT2D eigenvalue weighted by atomic mass is 9.79. The molecule has 0 aliphatic heterocycles. The lowest BCUT2D eigenvalue weighted by Gasteiger charge is -2.39. The topological polar surface area (TPSA) is 12.5 Å². The molecule has 2 heteroatoms. The summed E-state index contributed by atoms with van der Waals surface area (Å²) in [5.41, 5.74) is 0.0102. The van der Waals surface area contributed by atoms with Gasteiger partial charge in [0.15, 0.2) is 0 Å². The van der Waals surface area contributed by atoms with Crippen LogP contribution in [0.1, 0.15) is 97.8 Å². The number of unbranched alkanes of at least 4 members (excludes halogenated alkanes) is 6. The van der Waals surface area contributed by atoms with Crippen molar-refractivity contribution in [1.29, 1.82) is 0 Å². The van der Waals surface area contributed by atoms with E-state index < -0.39 is 0 Å². The molecule has 21 heavy (non-hydrogen) atoms. The van der Waals surface area contributed by atoms with E-state index in [9.17, 15) is 0 Å². The molecule has 126 valence electrons. The lowest BCUT2D eigenvalue weighted by Crippen LogP contribution is -2.41. The summed E-state index contributed by atoms with van der Waals surface area (Å²) in [7, 11) is 2.11. The Kier molecular flexibility index (Phi) is 9.59. The Bertz CT molecular complexity index is 246. The summed E-state index contributed by atoms with van der Waals surface area (Å²) in [6.45, 7) is 7.92. The number of hydrogen-bond donors (Lipinski definition) is 0. The third-order valence-corrected chi connectivity index (χ3v) is 5.06. The zero-order chi connectivity index (χ0) is 15.6. The summed E-state index contributed by atoms with van der Waals surface area (Å²) >= 11 is 0.